The maximum atomic E-state index is 2.69. The van der Waals surface area contributed by atoms with Gasteiger partial charge in [-0.25, -0.2) is 0 Å². The minimum absolute atomic E-state index is 0.562. The first-order valence-corrected chi connectivity index (χ1v) is 9.62. The van der Waals surface area contributed by atoms with Gasteiger partial charge in [-0.15, -0.1) is 0 Å². The molecule has 0 radical (unpaired) electrons. The van der Waals surface area contributed by atoms with E-state index in [1.165, 1.54) is 44.9 Å². The van der Waals surface area contributed by atoms with E-state index in [0.717, 1.165) is 29.6 Å². The molecule has 0 N–H and O–H groups in total. The fraction of sp³-hybridized carbons (Fsp3) is 0.905. The smallest absolute Gasteiger partial charge is 0.00851 e. The second-order valence-electron chi connectivity index (χ2n) is 9.62. The van der Waals surface area contributed by atoms with Gasteiger partial charge >= 0.3 is 0 Å². The average molecular weight is 287 g/mol. The summed E-state index contributed by atoms with van der Waals surface area (Å²) < 4.78 is 0. The van der Waals surface area contributed by atoms with E-state index in [9.17, 15) is 0 Å². The zero-order chi connectivity index (χ0) is 14.8. The van der Waals surface area contributed by atoms with Gasteiger partial charge in [0.1, 0.15) is 0 Å². The van der Waals surface area contributed by atoms with Crippen LogP contribution in [0.1, 0.15) is 79.1 Å². The first-order chi connectivity index (χ1) is 9.95. The third kappa shape index (κ3) is 1.86. The van der Waals surface area contributed by atoms with Crippen molar-refractivity contribution in [2.45, 2.75) is 79.1 Å². The van der Waals surface area contributed by atoms with Crippen LogP contribution < -0.4 is 0 Å². The van der Waals surface area contributed by atoms with E-state index in [1.54, 1.807) is 12.0 Å². The van der Waals surface area contributed by atoms with Crippen molar-refractivity contribution in [1.29, 1.82) is 0 Å². The lowest BCUT2D eigenvalue weighted by Gasteiger charge is -2.61. The first kappa shape index (κ1) is 14.3. The molecule has 3 saturated carbocycles. The van der Waals surface area contributed by atoms with Crippen LogP contribution in [0.4, 0.5) is 0 Å². The number of allylic oxidation sites excluding steroid dienone is 2. The van der Waals surface area contributed by atoms with Gasteiger partial charge in [-0.3, -0.25) is 0 Å². The predicted molar refractivity (Wildman–Crippen MR) is 90.0 cm³/mol. The molecule has 3 fully saturated rings. The van der Waals surface area contributed by atoms with Crippen molar-refractivity contribution < 1.29 is 0 Å². The lowest BCUT2D eigenvalue weighted by molar-refractivity contribution is -0.106. The second-order valence-corrected chi connectivity index (χ2v) is 9.62. The molecule has 118 valence electrons. The molecular formula is C21H34. The highest BCUT2D eigenvalue weighted by Gasteiger charge is 2.57. The normalized spacial score (nSPS) is 56.2. The molecule has 0 amide bonds. The van der Waals surface area contributed by atoms with Crippen molar-refractivity contribution in [2.75, 3.05) is 0 Å². The molecular weight excluding hydrogens is 252 g/mol. The van der Waals surface area contributed by atoms with Crippen LogP contribution in [0.5, 0.6) is 0 Å². The van der Waals surface area contributed by atoms with E-state index in [1.807, 2.05) is 0 Å². The van der Waals surface area contributed by atoms with E-state index in [-0.39, 0.29) is 0 Å². The molecule has 6 unspecified atom stereocenters. The Morgan fingerprint density at radius 3 is 2.62 bits per heavy atom. The monoisotopic (exact) mass is 286 g/mol. The van der Waals surface area contributed by atoms with E-state index in [0.29, 0.717) is 10.8 Å². The molecule has 0 aromatic heterocycles. The summed E-state index contributed by atoms with van der Waals surface area (Å²) in [6.07, 6.45) is 14.6. The van der Waals surface area contributed by atoms with Gasteiger partial charge in [0.15, 0.2) is 0 Å². The van der Waals surface area contributed by atoms with Crippen molar-refractivity contribution in [3.63, 3.8) is 0 Å². The molecule has 0 heterocycles. The zero-order valence-electron chi connectivity index (χ0n) is 14.6. The van der Waals surface area contributed by atoms with Gasteiger partial charge in [0, 0.05) is 0 Å². The Balaban J connectivity index is 1.63. The van der Waals surface area contributed by atoms with Gasteiger partial charge in [0.25, 0.3) is 0 Å². The molecule has 0 aliphatic heterocycles. The van der Waals surface area contributed by atoms with Crippen LogP contribution in [-0.2, 0) is 0 Å². The van der Waals surface area contributed by atoms with E-state index >= 15 is 0 Å². The van der Waals surface area contributed by atoms with Crippen LogP contribution in [0.15, 0.2) is 11.6 Å². The summed E-state index contributed by atoms with van der Waals surface area (Å²) in [5.74, 6) is 5.09. The van der Waals surface area contributed by atoms with Crippen molar-refractivity contribution in [2.24, 2.45) is 40.4 Å². The van der Waals surface area contributed by atoms with Crippen LogP contribution in [0.3, 0.4) is 0 Å². The number of fused-ring (bicyclic) bond motifs is 5. The highest BCUT2D eigenvalue weighted by atomic mass is 14.6. The third-order valence-corrected chi connectivity index (χ3v) is 8.90. The highest BCUT2D eigenvalue weighted by Crippen LogP contribution is 2.66. The predicted octanol–water partition coefficient (Wildman–Crippen LogP) is 6.22. The van der Waals surface area contributed by atoms with Gasteiger partial charge in [-0.1, -0.05) is 38.8 Å². The van der Waals surface area contributed by atoms with Gasteiger partial charge in [-0.05, 0) is 92.3 Å². The summed E-state index contributed by atoms with van der Waals surface area (Å²) in [6.45, 7) is 10.2. The van der Waals surface area contributed by atoms with Gasteiger partial charge < -0.3 is 0 Å². The highest BCUT2D eigenvalue weighted by molar-refractivity contribution is 5.23. The average Bonchev–Trinajstić information content (AvgIpc) is 2.76. The van der Waals surface area contributed by atoms with E-state index in [4.69, 9.17) is 0 Å². The summed E-state index contributed by atoms with van der Waals surface area (Å²) in [6, 6.07) is 0. The van der Waals surface area contributed by atoms with Crippen LogP contribution in [-0.4, -0.2) is 0 Å². The Morgan fingerprint density at radius 2 is 1.81 bits per heavy atom. The molecule has 0 nitrogen and oxygen atoms in total. The summed E-state index contributed by atoms with van der Waals surface area (Å²) in [5.41, 5.74) is 2.97. The van der Waals surface area contributed by atoms with Crippen molar-refractivity contribution in [1.82, 2.24) is 0 Å². The summed E-state index contributed by atoms with van der Waals surface area (Å²) in [5, 5.41) is 0. The lowest BCUT2D eigenvalue weighted by atomic mass is 9.44. The first-order valence-electron chi connectivity index (χ1n) is 9.62. The molecule has 4 aliphatic rings. The standard InChI is InChI=1S/C21H34/c1-14-9-11-21(4)16(13-14)6-7-17-18-8-5-15(2)20(18,3)12-10-19(17)21/h5,14,16-19H,6-13H2,1-4H3/t14-,16?,17?,18?,19?,20?,21?/m1/s1. The SMILES string of the molecule is CC1=CCC2C3CCC4C[C@H](C)CCC4(C)C3CCC12C. The summed E-state index contributed by atoms with van der Waals surface area (Å²) >= 11 is 0. The minimum atomic E-state index is 0.562. The van der Waals surface area contributed by atoms with Crippen LogP contribution >= 0.6 is 0 Å². The van der Waals surface area contributed by atoms with Crippen LogP contribution in [0.25, 0.3) is 0 Å². The number of hydrogen-bond acceptors (Lipinski definition) is 0. The Labute approximate surface area is 131 Å². The molecule has 0 saturated heterocycles. The van der Waals surface area contributed by atoms with Crippen molar-refractivity contribution in [3.05, 3.63) is 11.6 Å². The molecule has 0 bridgehead atoms. The fourth-order valence-electron chi connectivity index (χ4n) is 7.25. The topological polar surface area (TPSA) is 0 Å². The molecule has 0 aromatic rings. The Bertz CT molecular complexity index is 461. The summed E-state index contributed by atoms with van der Waals surface area (Å²) in [7, 11) is 0. The quantitative estimate of drug-likeness (QED) is 0.464. The largest absolute Gasteiger partial charge is 0.0847 e. The van der Waals surface area contributed by atoms with Gasteiger partial charge in [0.05, 0.1) is 0 Å². The molecule has 21 heavy (non-hydrogen) atoms. The van der Waals surface area contributed by atoms with E-state index in [2.05, 4.69) is 33.8 Å². The van der Waals surface area contributed by atoms with Gasteiger partial charge in [-0.2, -0.15) is 0 Å². The molecule has 4 rings (SSSR count). The van der Waals surface area contributed by atoms with Crippen LogP contribution in [0, 0.1) is 40.4 Å². The molecule has 0 heteroatoms. The molecule has 4 aliphatic carbocycles. The maximum Gasteiger partial charge on any atom is -0.00851 e. The van der Waals surface area contributed by atoms with E-state index < -0.39 is 0 Å². The van der Waals surface area contributed by atoms with Gasteiger partial charge in [0.2, 0.25) is 0 Å². The molecule has 7 atom stereocenters. The number of hydrogen-bond donors (Lipinski definition) is 0. The molecule has 0 aromatic carbocycles. The van der Waals surface area contributed by atoms with Crippen molar-refractivity contribution in [3.8, 4) is 0 Å². The minimum Gasteiger partial charge on any atom is -0.0847 e. The molecule has 0 spiro atoms. The Hall–Kier alpha value is -0.260. The van der Waals surface area contributed by atoms with Crippen LogP contribution in [0.2, 0.25) is 0 Å². The third-order valence-electron chi connectivity index (χ3n) is 8.90. The summed E-state index contributed by atoms with van der Waals surface area (Å²) in [4.78, 5) is 0. The second kappa shape index (κ2) is 4.62. The Kier molecular flexibility index (Phi) is 3.15. The van der Waals surface area contributed by atoms with Crippen molar-refractivity contribution >= 4 is 0 Å². The number of rotatable bonds is 0. The Morgan fingerprint density at radius 1 is 1.00 bits per heavy atom. The lowest BCUT2D eigenvalue weighted by Crippen LogP contribution is -2.52. The zero-order valence-corrected chi connectivity index (χ0v) is 14.6. The fourth-order valence-corrected chi connectivity index (χ4v) is 7.25. The maximum absolute atomic E-state index is 2.69.